The topological polar surface area (TPSA) is 35.5 Å². The van der Waals surface area contributed by atoms with Crippen molar-refractivity contribution in [1.29, 1.82) is 0 Å². The monoisotopic (exact) mass is 378 g/mol. The summed E-state index contributed by atoms with van der Waals surface area (Å²) in [5.41, 5.74) is -2.79. The Labute approximate surface area is 144 Å². The standard InChI is InChI=1S/C17H12F6O3/c1-25-13-8-10(7-12(15(13)26-2)17(21,22)23)14(24)9-3-5-11(6-4-9)16(18,19)20/h3-8H,1-2H3. The molecule has 3 nitrogen and oxygen atoms in total. The first-order chi connectivity index (χ1) is 12.0. The van der Waals surface area contributed by atoms with Crippen LogP contribution in [0.1, 0.15) is 27.0 Å². The van der Waals surface area contributed by atoms with Crippen LogP contribution >= 0.6 is 0 Å². The molecule has 0 aliphatic heterocycles. The molecule has 0 atom stereocenters. The van der Waals surface area contributed by atoms with Crippen LogP contribution in [0.4, 0.5) is 26.3 Å². The van der Waals surface area contributed by atoms with Gasteiger partial charge in [0, 0.05) is 11.1 Å². The van der Waals surface area contributed by atoms with Crippen LogP contribution in [-0.4, -0.2) is 20.0 Å². The molecule has 0 aliphatic rings. The van der Waals surface area contributed by atoms with E-state index in [-0.39, 0.29) is 11.3 Å². The van der Waals surface area contributed by atoms with E-state index in [4.69, 9.17) is 9.47 Å². The van der Waals surface area contributed by atoms with Gasteiger partial charge in [-0.05, 0) is 24.3 Å². The number of benzene rings is 2. The van der Waals surface area contributed by atoms with Gasteiger partial charge in [0.1, 0.15) is 5.56 Å². The van der Waals surface area contributed by atoms with Gasteiger partial charge in [-0.1, -0.05) is 12.1 Å². The van der Waals surface area contributed by atoms with E-state index in [0.29, 0.717) is 18.2 Å². The van der Waals surface area contributed by atoms with Gasteiger partial charge in [0.25, 0.3) is 0 Å². The van der Waals surface area contributed by atoms with Crippen molar-refractivity contribution in [2.45, 2.75) is 12.4 Å². The number of carbonyl (C=O) groups is 1. The Balaban J connectivity index is 2.52. The lowest BCUT2D eigenvalue weighted by Gasteiger charge is -2.16. The van der Waals surface area contributed by atoms with E-state index in [9.17, 15) is 31.1 Å². The zero-order valence-electron chi connectivity index (χ0n) is 13.5. The van der Waals surface area contributed by atoms with Crippen molar-refractivity contribution in [3.8, 4) is 11.5 Å². The largest absolute Gasteiger partial charge is 0.493 e. The predicted octanol–water partition coefficient (Wildman–Crippen LogP) is 4.97. The summed E-state index contributed by atoms with van der Waals surface area (Å²) < 4.78 is 86.9. The minimum absolute atomic E-state index is 0.196. The van der Waals surface area contributed by atoms with Crippen LogP contribution < -0.4 is 9.47 Å². The Hall–Kier alpha value is -2.71. The number of hydrogen-bond donors (Lipinski definition) is 0. The van der Waals surface area contributed by atoms with E-state index in [1.807, 2.05) is 0 Å². The molecule has 0 saturated carbocycles. The van der Waals surface area contributed by atoms with Crippen LogP contribution in [0, 0.1) is 0 Å². The van der Waals surface area contributed by atoms with Gasteiger partial charge in [-0.3, -0.25) is 4.79 Å². The highest BCUT2D eigenvalue weighted by molar-refractivity contribution is 6.09. The van der Waals surface area contributed by atoms with Crippen LogP contribution in [0.2, 0.25) is 0 Å². The average Bonchev–Trinajstić information content (AvgIpc) is 2.58. The summed E-state index contributed by atoms with van der Waals surface area (Å²) in [6.45, 7) is 0. The molecular weight excluding hydrogens is 366 g/mol. The highest BCUT2D eigenvalue weighted by Gasteiger charge is 2.37. The van der Waals surface area contributed by atoms with Crippen LogP contribution in [0.3, 0.4) is 0 Å². The fourth-order valence-corrected chi connectivity index (χ4v) is 2.28. The maximum atomic E-state index is 13.2. The van der Waals surface area contributed by atoms with Gasteiger partial charge in [0.2, 0.25) is 0 Å². The molecule has 2 aromatic carbocycles. The van der Waals surface area contributed by atoms with Gasteiger partial charge < -0.3 is 9.47 Å². The van der Waals surface area contributed by atoms with Crippen LogP contribution in [0.5, 0.6) is 11.5 Å². The van der Waals surface area contributed by atoms with E-state index < -0.39 is 40.6 Å². The van der Waals surface area contributed by atoms with Crippen molar-refractivity contribution >= 4 is 5.78 Å². The summed E-state index contributed by atoms with van der Waals surface area (Å²) in [5, 5.41) is 0. The molecule has 2 rings (SSSR count). The molecule has 2 aromatic rings. The first kappa shape index (κ1) is 19.6. The first-order valence-electron chi connectivity index (χ1n) is 7.04. The lowest BCUT2D eigenvalue weighted by molar-refractivity contribution is -0.139. The van der Waals surface area contributed by atoms with E-state index in [1.165, 1.54) is 0 Å². The Morgan fingerprint density at radius 2 is 1.38 bits per heavy atom. The number of alkyl halides is 6. The smallest absolute Gasteiger partial charge is 0.420 e. The van der Waals surface area contributed by atoms with Gasteiger partial charge >= 0.3 is 12.4 Å². The molecule has 0 unspecified atom stereocenters. The number of hydrogen-bond acceptors (Lipinski definition) is 3. The van der Waals surface area contributed by atoms with Crippen molar-refractivity contribution < 1.29 is 40.6 Å². The summed E-state index contributed by atoms with van der Waals surface area (Å²) in [6, 6.07) is 4.76. The molecule has 0 fully saturated rings. The van der Waals surface area contributed by atoms with Crippen molar-refractivity contribution in [2.24, 2.45) is 0 Å². The molecule has 140 valence electrons. The molecule has 0 aliphatic carbocycles. The lowest BCUT2D eigenvalue weighted by atomic mass is 9.99. The highest BCUT2D eigenvalue weighted by Crippen LogP contribution is 2.42. The second-order valence-electron chi connectivity index (χ2n) is 5.16. The lowest BCUT2D eigenvalue weighted by Crippen LogP contribution is -2.12. The number of ketones is 1. The zero-order valence-corrected chi connectivity index (χ0v) is 13.5. The summed E-state index contributed by atoms with van der Waals surface area (Å²) in [7, 11) is 2.12. The molecule has 0 heterocycles. The quantitative estimate of drug-likeness (QED) is 0.557. The normalized spacial score (nSPS) is 12.0. The Morgan fingerprint density at radius 1 is 0.808 bits per heavy atom. The van der Waals surface area contributed by atoms with Crippen molar-refractivity contribution in [1.82, 2.24) is 0 Å². The molecule has 9 heteroatoms. The maximum Gasteiger partial charge on any atom is 0.420 e. The summed E-state index contributed by atoms with van der Waals surface area (Å²) in [5.74, 6) is -1.80. The third-order valence-electron chi connectivity index (χ3n) is 3.52. The van der Waals surface area contributed by atoms with E-state index in [2.05, 4.69) is 0 Å². The minimum Gasteiger partial charge on any atom is -0.493 e. The average molecular weight is 378 g/mol. The SMILES string of the molecule is COc1cc(C(=O)c2ccc(C(F)(F)F)cc2)cc(C(F)(F)F)c1OC. The second kappa shape index (κ2) is 6.89. The number of rotatable bonds is 4. The molecule has 26 heavy (non-hydrogen) atoms. The molecule has 0 saturated heterocycles. The predicted molar refractivity (Wildman–Crippen MR) is 79.4 cm³/mol. The summed E-state index contributed by atoms with van der Waals surface area (Å²) in [4.78, 5) is 12.4. The van der Waals surface area contributed by atoms with Crippen molar-refractivity contribution in [3.63, 3.8) is 0 Å². The van der Waals surface area contributed by atoms with E-state index >= 15 is 0 Å². The van der Waals surface area contributed by atoms with Gasteiger partial charge in [-0.15, -0.1) is 0 Å². The van der Waals surface area contributed by atoms with Gasteiger partial charge in [0.15, 0.2) is 17.3 Å². The Morgan fingerprint density at radius 3 is 1.81 bits per heavy atom. The number of methoxy groups -OCH3 is 2. The summed E-state index contributed by atoms with van der Waals surface area (Å²) in [6.07, 6.45) is -9.41. The first-order valence-corrected chi connectivity index (χ1v) is 7.04. The fraction of sp³-hybridized carbons (Fsp3) is 0.235. The number of halogens is 6. The van der Waals surface area contributed by atoms with E-state index in [1.54, 1.807) is 0 Å². The van der Waals surface area contributed by atoms with Crippen LogP contribution in [0.15, 0.2) is 36.4 Å². The second-order valence-corrected chi connectivity index (χ2v) is 5.16. The van der Waals surface area contributed by atoms with Crippen LogP contribution in [0.25, 0.3) is 0 Å². The van der Waals surface area contributed by atoms with Crippen molar-refractivity contribution in [3.05, 3.63) is 58.7 Å². The zero-order chi connectivity index (χ0) is 19.7. The Kier molecular flexibility index (Phi) is 5.20. The van der Waals surface area contributed by atoms with Gasteiger partial charge in [-0.2, -0.15) is 26.3 Å². The minimum atomic E-state index is -4.82. The molecule has 0 bridgehead atoms. The molecule has 0 spiro atoms. The molecule has 0 amide bonds. The fourth-order valence-electron chi connectivity index (χ4n) is 2.28. The van der Waals surface area contributed by atoms with E-state index in [0.717, 1.165) is 32.4 Å². The molecular formula is C17H12F6O3. The van der Waals surface area contributed by atoms with Gasteiger partial charge in [0.05, 0.1) is 19.8 Å². The maximum absolute atomic E-state index is 13.2. The number of carbonyl (C=O) groups excluding carboxylic acids is 1. The highest BCUT2D eigenvalue weighted by atomic mass is 19.4. The Bertz CT molecular complexity index is 807. The molecule has 0 aromatic heterocycles. The number of ether oxygens (including phenoxy) is 2. The van der Waals surface area contributed by atoms with Gasteiger partial charge in [-0.25, -0.2) is 0 Å². The van der Waals surface area contributed by atoms with Crippen molar-refractivity contribution in [2.75, 3.05) is 14.2 Å². The third kappa shape index (κ3) is 3.92. The summed E-state index contributed by atoms with van der Waals surface area (Å²) >= 11 is 0. The molecule has 0 N–H and O–H groups in total. The van der Waals surface area contributed by atoms with Crippen LogP contribution in [-0.2, 0) is 12.4 Å². The molecule has 0 radical (unpaired) electrons. The third-order valence-corrected chi connectivity index (χ3v) is 3.52.